The summed E-state index contributed by atoms with van der Waals surface area (Å²) in [6.45, 7) is 9.29. The fraction of sp³-hybridized carbons (Fsp3) is 0.357. The van der Waals surface area contributed by atoms with E-state index < -0.39 is 0 Å². The number of benzene rings is 2. The lowest BCUT2D eigenvalue weighted by Crippen LogP contribution is -2.20. The van der Waals surface area contributed by atoms with Gasteiger partial charge in [-0.25, -0.2) is 4.68 Å². The Bertz CT molecular complexity index is 1560. The molecule has 1 unspecified atom stereocenters. The largest absolute Gasteiger partial charge is 0.383 e. The van der Waals surface area contributed by atoms with Gasteiger partial charge in [0.05, 0.1) is 27.3 Å². The van der Waals surface area contributed by atoms with E-state index in [0.29, 0.717) is 27.7 Å². The molecule has 196 valence electrons. The van der Waals surface area contributed by atoms with Crippen LogP contribution in [0, 0.1) is 20.4 Å². The van der Waals surface area contributed by atoms with Crippen molar-refractivity contribution in [3.05, 3.63) is 73.2 Å². The molecule has 2 aromatic carbocycles. The molecule has 0 spiro atoms. The Morgan fingerprint density at radius 2 is 1.92 bits per heavy atom. The van der Waals surface area contributed by atoms with E-state index >= 15 is 0 Å². The molecule has 1 aliphatic carbocycles. The first-order valence-electron chi connectivity index (χ1n) is 12.4. The van der Waals surface area contributed by atoms with Crippen LogP contribution in [0.3, 0.4) is 0 Å². The molecule has 0 radical (unpaired) electrons. The fourth-order valence-electron chi connectivity index (χ4n) is 4.34. The number of aromatic nitrogens is 4. The summed E-state index contributed by atoms with van der Waals surface area (Å²) in [7, 11) is 0. The lowest BCUT2D eigenvalue weighted by molar-refractivity contribution is 0.443. The topological polar surface area (TPSA) is 91.4 Å². The number of pyridine rings is 1. The van der Waals surface area contributed by atoms with Crippen molar-refractivity contribution in [1.29, 1.82) is 5.26 Å². The summed E-state index contributed by atoms with van der Waals surface area (Å²) in [5.41, 5.74) is 4.26. The summed E-state index contributed by atoms with van der Waals surface area (Å²) in [5.74, 6) is 0. The summed E-state index contributed by atoms with van der Waals surface area (Å²) >= 11 is 15.8. The number of nitrogens with one attached hydrogen (secondary N) is 2. The van der Waals surface area contributed by atoms with Crippen LogP contribution >= 0.6 is 45.8 Å². The summed E-state index contributed by atoms with van der Waals surface area (Å²) < 4.78 is 2.98. The number of fused-ring (bicyclic) bond motifs is 1. The van der Waals surface area contributed by atoms with Crippen LogP contribution in [0.25, 0.3) is 10.9 Å². The van der Waals surface area contributed by atoms with Gasteiger partial charge in [-0.2, -0.15) is 5.26 Å². The van der Waals surface area contributed by atoms with Gasteiger partial charge in [-0.3, -0.25) is 4.98 Å². The monoisotopic (exact) mass is 659 g/mol. The summed E-state index contributed by atoms with van der Waals surface area (Å²) in [6, 6.07) is 13.4. The van der Waals surface area contributed by atoms with Crippen LogP contribution in [0.1, 0.15) is 63.4 Å². The van der Waals surface area contributed by atoms with E-state index in [-0.39, 0.29) is 17.0 Å². The highest BCUT2D eigenvalue weighted by Crippen LogP contribution is 2.45. The van der Waals surface area contributed by atoms with Gasteiger partial charge < -0.3 is 10.6 Å². The Morgan fingerprint density at radius 3 is 2.58 bits per heavy atom. The Hall–Kier alpha value is -2.61. The average molecular weight is 660 g/mol. The van der Waals surface area contributed by atoms with Crippen LogP contribution in [0.2, 0.25) is 10.0 Å². The molecule has 5 rings (SSSR count). The molecule has 1 fully saturated rings. The zero-order chi connectivity index (χ0) is 27.2. The molecule has 0 aliphatic heterocycles. The number of hydrogen-bond acceptors (Lipinski definition) is 6. The second kappa shape index (κ2) is 10.2. The van der Waals surface area contributed by atoms with Crippen LogP contribution in [0.15, 0.2) is 42.6 Å². The van der Waals surface area contributed by atoms with Crippen molar-refractivity contribution >= 4 is 68.1 Å². The van der Waals surface area contributed by atoms with Crippen molar-refractivity contribution in [2.75, 3.05) is 17.2 Å². The van der Waals surface area contributed by atoms with E-state index in [4.69, 9.17) is 23.2 Å². The summed E-state index contributed by atoms with van der Waals surface area (Å²) in [6.07, 6.45) is 3.72. The fourth-order valence-corrected chi connectivity index (χ4v) is 5.95. The standard InChI is InChI=1S/C28H28Cl2IN7/c1-27(2,3)15-34-22-16(13-32)14-33-23-19(22)11-17(12-21(23)30)35-24(18-7-5-6-8-20(18)29)25-26(31)38(37-36-25)28(4)9-10-28/h5-8,11-12,14,24,35H,9-10,15H2,1-4H3,(H,33,34). The van der Waals surface area contributed by atoms with Crippen LogP contribution in [-0.4, -0.2) is 26.5 Å². The third kappa shape index (κ3) is 5.29. The minimum absolute atomic E-state index is 0.00601. The first-order valence-corrected chi connectivity index (χ1v) is 14.2. The van der Waals surface area contributed by atoms with Crippen LogP contribution < -0.4 is 10.6 Å². The number of nitriles is 1. The van der Waals surface area contributed by atoms with Crippen molar-refractivity contribution < 1.29 is 0 Å². The Balaban J connectivity index is 1.62. The van der Waals surface area contributed by atoms with E-state index in [1.807, 2.05) is 41.1 Å². The number of nitrogens with zero attached hydrogens (tertiary/aromatic N) is 5. The van der Waals surface area contributed by atoms with Crippen molar-refractivity contribution in [2.45, 2.75) is 52.1 Å². The van der Waals surface area contributed by atoms with Crippen molar-refractivity contribution in [3.8, 4) is 6.07 Å². The smallest absolute Gasteiger partial charge is 0.125 e. The molecule has 0 amide bonds. The van der Waals surface area contributed by atoms with Crippen molar-refractivity contribution in [1.82, 2.24) is 20.0 Å². The van der Waals surface area contributed by atoms with Crippen LogP contribution in [0.4, 0.5) is 11.4 Å². The Kier molecular flexibility index (Phi) is 7.22. The highest BCUT2D eigenvalue weighted by Gasteiger charge is 2.43. The second-order valence-electron chi connectivity index (χ2n) is 11.2. The third-order valence-electron chi connectivity index (χ3n) is 6.77. The van der Waals surface area contributed by atoms with E-state index in [1.54, 1.807) is 6.20 Å². The van der Waals surface area contributed by atoms with E-state index in [2.05, 4.69) is 82.3 Å². The zero-order valence-electron chi connectivity index (χ0n) is 21.6. The van der Waals surface area contributed by atoms with E-state index in [1.165, 1.54) is 0 Å². The molecular formula is C28H28Cl2IN7. The molecule has 2 heterocycles. The third-order valence-corrected chi connectivity index (χ3v) is 8.41. The second-order valence-corrected chi connectivity index (χ2v) is 13.0. The molecular weight excluding hydrogens is 632 g/mol. The lowest BCUT2D eigenvalue weighted by Gasteiger charge is -2.23. The highest BCUT2D eigenvalue weighted by atomic mass is 127. The van der Waals surface area contributed by atoms with Crippen molar-refractivity contribution in [2.24, 2.45) is 5.41 Å². The maximum Gasteiger partial charge on any atom is 0.125 e. The molecule has 0 bridgehead atoms. The molecule has 2 N–H and O–H groups in total. The number of anilines is 2. The minimum atomic E-state index is -0.377. The molecule has 38 heavy (non-hydrogen) atoms. The van der Waals surface area contributed by atoms with E-state index in [0.717, 1.165) is 44.6 Å². The first kappa shape index (κ1) is 27.0. The Labute approximate surface area is 246 Å². The molecule has 1 aliphatic rings. The molecule has 10 heteroatoms. The average Bonchev–Trinajstić information content (AvgIpc) is 3.49. The lowest BCUT2D eigenvalue weighted by atomic mass is 9.96. The number of hydrogen-bond donors (Lipinski definition) is 2. The molecule has 4 aromatic rings. The maximum atomic E-state index is 9.81. The predicted molar refractivity (Wildman–Crippen MR) is 162 cm³/mol. The van der Waals surface area contributed by atoms with Gasteiger partial charge in [0.1, 0.15) is 21.5 Å². The molecule has 2 aromatic heterocycles. The predicted octanol–water partition coefficient (Wildman–Crippen LogP) is 7.78. The summed E-state index contributed by atoms with van der Waals surface area (Å²) in [5, 5.41) is 27.9. The van der Waals surface area contributed by atoms with Gasteiger partial charge in [0.15, 0.2) is 0 Å². The first-order chi connectivity index (χ1) is 18.0. The van der Waals surface area contributed by atoms with Gasteiger partial charge in [-0.15, -0.1) is 5.10 Å². The molecule has 1 atom stereocenters. The summed E-state index contributed by atoms with van der Waals surface area (Å²) in [4.78, 5) is 4.49. The van der Waals surface area contributed by atoms with Gasteiger partial charge in [0.2, 0.25) is 0 Å². The van der Waals surface area contributed by atoms with Gasteiger partial charge in [0.25, 0.3) is 0 Å². The zero-order valence-corrected chi connectivity index (χ0v) is 25.3. The van der Waals surface area contributed by atoms with Crippen LogP contribution in [0.5, 0.6) is 0 Å². The van der Waals surface area contributed by atoms with Gasteiger partial charge in [-0.05, 0) is 71.5 Å². The SMILES string of the molecule is CC(C)(C)CNc1c(C#N)cnc2c(Cl)cc(NC(c3ccccc3Cl)c3nnn(C4(C)CC4)c3I)cc12. The molecule has 0 saturated heterocycles. The molecule has 7 nitrogen and oxygen atoms in total. The quantitative estimate of drug-likeness (QED) is 0.197. The van der Waals surface area contributed by atoms with Gasteiger partial charge in [-0.1, -0.05) is 67.4 Å². The van der Waals surface area contributed by atoms with Crippen molar-refractivity contribution in [3.63, 3.8) is 0 Å². The maximum absolute atomic E-state index is 9.81. The van der Waals surface area contributed by atoms with Crippen LogP contribution in [-0.2, 0) is 5.54 Å². The Morgan fingerprint density at radius 1 is 1.18 bits per heavy atom. The van der Waals surface area contributed by atoms with Gasteiger partial charge in [0, 0.05) is 28.8 Å². The van der Waals surface area contributed by atoms with E-state index in [9.17, 15) is 5.26 Å². The van der Waals surface area contributed by atoms with Gasteiger partial charge >= 0.3 is 0 Å². The highest BCUT2D eigenvalue weighted by molar-refractivity contribution is 14.1. The minimum Gasteiger partial charge on any atom is -0.383 e. The molecule has 1 saturated carbocycles. The number of halogens is 3. The normalized spacial score (nSPS) is 15.2. The number of rotatable bonds is 7.